The first-order valence-electron chi connectivity index (χ1n) is 12.8. The molecule has 0 amide bonds. The third-order valence-electron chi connectivity index (χ3n) is 7.93. The molecule has 2 saturated carbocycles. The Bertz CT molecular complexity index is 1740. The predicted molar refractivity (Wildman–Crippen MR) is 136 cm³/mol. The molecular weight excluding hydrogens is 509 g/mol. The number of hydrogen-bond acceptors (Lipinski definition) is 7. The summed E-state index contributed by atoms with van der Waals surface area (Å²) in [6.45, 7) is -0.606. The third kappa shape index (κ3) is 3.96. The van der Waals surface area contributed by atoms with Gasteiger partial charge in [-0.3, -0.25) is 9.78 Å². The van der Waals surface area contributed by atoms with Crippen LogP contribution in [0.15, 0.2) is 47.5 Å². The molecule has 2 N–H and O–H groups in total. The first kappa shape index (κ1) is 23.8. The lowest BCUT2D eigenvalue weighted by Gasteiger charge is -2.27. The zero-order valence-corrected chi connectivity index (χ0v) is 20.7. The molecule has 0 atom stereocenters. The molecular formula is C27H23F3N8O. The van der Waals surface area contributed by atoms with Crippen LogP contribution < -0.4 is 16.2 Å². The van der Waals surface area contributed by atoms with Crippen LogP contribution in [0.25, 0.3) is 16.7 Å². The molecule has 4 aromatic rings. The van der Waals surface area contributed by atoms with Crippen molar-refractivity contribution in [3.63, 3.8) is 0 Å². The Morgan fingerprint density at radius 2 is 1.95 bits per heavy atom. The minimum absolute atomic E-state index is 0.0276. The van der Waals surface area contributed by atoms with E-state index in [1.165, 1.54) is 29.6 Å². The average Bonchev–Trinajstić information content (AvgIpc) is 3.84. The van der Waals surface area contributed by atoms with Gasteiger partial charge in [-0.15, -0.1) is 0 Å². The Labute approximate surface area is 220 Å². The van der Waals surface area contributed by atoms with E-state index in [-0.39, 0.29) is 28.2 Å². The molecule has 2 aliphatic carbocycles. The molecule has 7 rings (SSSR count). The minimum Gasteiger partial charge on any atom is -0.324 e. The van der Waals surface area contributed by atoms with Crippen LogP contribution in [0, 0.1) is 11.3 Å². The molecule has 0 bridgehead atoms. The van der Waals surface area contributed by atoms with Crippen molar-refractivity contribution in [3.8, 4) is 11.8 Å². The Balaban J connectivity index is 1.32. The maximum absolute atomic E-state index is 13.6. The van der Waals surface area contributed by atoms with E-state index >= 15 is 0 Å². The van der Waals surface area contributed by atoms with Gasteiger partial charge in [0.25, 0.3) is 5.56 Å². The molecule has 1 aromatic carbocycles. The number of halogens is 3. The van der Waals surface area contributed by atoms with Crippen LogP contribution in [0.3, 0.4) is 0 Å². The van der Waals surface area contributed by atoms with E-state index < -0.39 is 23.7 Å². The van der Waals surface area contributed by atoms with Gasteiger partial charge in [0, 0.05) is 30.2 Å². The number of rotatable bonds is 5. The van der Waals surface area contributed by atoms with Crippen molar-refractivity contribution < 1.29 is 13.2 Å². The van der Waals surface area contributed by atoms with Crippen molar-refractivity contribution in [2.45, 2.75) is 55.8 Å². The van der Waals surface area contributed by atoms with Crippen LogP contribution >= 0.6 is 0 Å². The summed E-state index contributed by atoms with van der Waals surface area (Å²) in [5, 5.41) is 16.3. The zero-order chi connectivity index (χ0) is 27.0. The van der Waals surface area contributed by atoms with E-state index in [1.807, 2.05) is 6.07 Å². The fraction of sp³-hybridized carbons (Fsp3) is 0.370. The fourth-order valence-electron chi connectivity index (χ4n) is 5.60. The highest BCUT2D eigenvalue weighted by atomic mass is 19.4. The predicted octanol–water partition coefficient (Wildman–Crippen LogP) is 3.97. The van der Waals surface area contributed by atoms with Crippen LogP contribution in [-0.2, 0) is 23.9 Å². The van der Waals surface area contributed by atoms with E-state index in [4.69, 9.17) is 0 Å². The van der Waals surface area contributed by atoms with Crippen LogP contribution in [0.4, 0.5) is 24.8 Å². The highest BCUT2D eigenvalue weighted by Gasteiger charge is 2.47. The lowest BCUT2D eigenvalue weighted by Crippen LogP contribution is -2.36. The average molecular weight is 533 g/mol. The molecule has 0 radical (unpaired) electrons. The number of anilines is 2. The van der Waals surface area contributed by atoms with Gasteiger partial charge >= 0.3 is 6.18 Å². The molecule has 12 heteroatoms. The summed E-state index contributed by atoms with van der Waals surface area (Å²) in [7, 11) is 0. The SMILES string of the molecule is N#CC1(c2cc(-n3c4nc(Nc5ccc6c(c5)CCNC65CC5)ncc4c(=O)n3CC(F)(F)F)ccn2)CC1. The van der Waals surface area contributed by atoms with Gasteiger partial charge in [0.15, 0.2) is 5.65 Å². The molecule has 198 valence electrons. The smallest absolute Gasteiger partial charge is 0.324 e. The van der Waals surface area contributed by atoms with Crippen LogP contribution in [-0.4, -0.2) is 37.0 Å². The van der Waals surface area contributed by atoms with Gasteiger partial charge in [-0.05, 0) is 67.5 Å². The zero-order valence-electron chi connectivity index (χ0n) is 20.7. The molecule has 39 heavy (non-hydrogen) atoms. The van der Waals surface area contributed by atoms with E-state index in [1.54, 1.807) is 6.07 Å². The summed E-state index contributed by atoms with van der Waals surface area (Å²) in [4.78, 5) is 26.1. The van der Waals surface area contributed by atoms with Crippen LogP contribution in [0.5, 0.6) is 0 Å². The molecule has 2 fully saturated rings. The first-order chi connectivity index (χ1) is 18.7. The topological polar surface area (TPSA) is 113 Å². The van der Waals surface area contributed by atoms with Crippen LogP contribution in [0.1, 0.15) is 42.5 Å². The highest BCUT2D eigenvalue weighted by Crippen LogP contribution is 2.49. The van der Waals surface area contributed by atoms with Crippen molar-refractivity contribution in [1.82, 2.24) is 29.6 Å². The van der Waals surface area contributed by atoms with Crippen molar-refractivity contribution >= 4 is 22.7 Å². The van der Waals surface area contributed by atoms with Gasteiger partial charge in [0.1, 0.15) is 11.9 Å². The van der Waals surface area contributed by atoms with Gasteiger partial charge < -0.3 is 10.6 Å². The normalized spacial score (nSPS) is 18.5. The molecule has 3 aliphatic rings. The number of nitrogens with one attached hydrogen (secondary N) is 2. The summed E-state index contributed by atoms with van der Waals surface area (Å²) in [6, 6.07) is 11.4. The van der Waals surface area contributed by atoms with E-state index in [0.717, 1.165) is 36.2 Å². The quantitative estimate of drug-likeness (QED) is 0.400. The van der Waals surface area contributed by atoms with Crippen molar-refractivity contribution in [2.75, 3.05) is 11.9 Å². The third-order valence-corrected chi connectivity index (χ3v) is 7.93. The number of fused-ring (bicyclic) bond motifs is 3. The van der Waals surface area contributed by atoms with Gasteiger partial charge in [-0.1, -0.05) is 6.07 Å². The maximum atomic E-state index is 13.6. The second kappa shape index (κ2) is 8.13. The van der Waals surface area contributed by atoms with Crippen molar-refractivity contribution in [2.24, 2.45) is 0 Å². The van der Waals surface area contributed by atoms with E-state index in [9.17, 15) is 23.2 Å². The Hall–Kier alpha value is -4.24. The van der Waals surface area contributed by atoms with Crippen molar-refractivity contribution in [3.05, 3.63) is 69.9 Å². The summed E-state index contributed by atoms with van der Waals surface area (Å²) < 4.78 is 42.4. The Kier molecular flexibility index (Phi) is 4.97. The largest absolute Gasteiger partial charge is 0.408 e. The number of nitriles is 1. The summed E-state index contributed by atoms with van der Waals surface area (Å²) >= 11 is 0. The molecule has 9 nitrogen and oxygen atoms in total. The van der Waals surface area contributed by atoms with E-state index in [0.29, 0.717) is 23.2 Å². The monoisotopic (exact) mass is 532 g/mol. The highest BCUT2D eigenvalue weighted by molar-refractivity contribution is 5.77. The number of pyridine rings is 1. The Morgan fingerprint density at radius 3 is 2.67 bits per heavy atom. The minimum atomic E-state index is -4.65. The number of alkyl halides is 3. The second-order valence-corrected chi connectivity index (χ2v) is 10.6. The second-order valence-electron chi connectivity index (χ2n) is 10.6. The van der Waals surface area contributed by atoms with Crippen LogP contribution in [0.2, 0.25) is 0 Å². The lowest BCUT2D eigenvalue weighted by atomic mass is 9.92. The molecule has 0 unspecified atom stereocenters. The summed E-state index contributed by atoms with van der Waals surface area (Å²) in [5.74, 6) is 0.153. The number of hydrogen-bond donors (Lipinski definition) is 2. The first-order valence-corrected chi connectivity index (χ1v) is 12.8. The van der Waals surface area contributed by atoms with Gasteiger partial charge in [0.2, 0.25) is 5.95 Å². The van der Waals surface area contributed by atoms with Gasteiger partial charge in [0.05, 0.1) is 22.9 Å². The molecule has 3 aromatic heterocycles. The number of nitrogens with zero attached hydrogens (tertiary/aromatic N) is 6. The molecule has 0 saturated heterocycles. The fourth-order valence-corrected chi connectivity index (χ4v) is 5.60. The molecule has 1 aliphatic heterocycles. The van der Waals surface area contributed by atoms with Gasteiger partial charge in [-0.2, -0.15) is 23.4 Å². The number of benzene rings is 1. The van der Waals surface area contributed by atoms with Crippen molar-refractivity contribution in [1.29, 1.82) is 5.26 Å². The Morgan fingerprint density at radius 1 is 1.13 bits per heavy atom. The van der Waals surface area contributed by atoms with E-state index in [2.05, 4.69) is 43.8 Å². The summed E-state index contributed by atoms with van der Waals surface area (Å²) in [6.07, 6.45) is 2.40. The molecule has 1 spiro atoms. The van der Waals surface area contributed by atoms with Gasteiger partial charge in [-0.25, -0.2) is 14.3 Å². The summed E-state index contributed by atoms with van der Waals surface area (Å²) in [5.41, 5.74) is 2.52. The maximum Gasteiger partial charge on any atom is 0.408 e. The number of aromatic nitrogens is 5. The molecule has 4 heterocycles. The standard InChI is InChI=1S/C27H23F3N8O/c28-27(29,30)15-37-23(39)19-13-33-24(35-17-1-2-20-16(11-17)3-10-34-26(20)7-8-26)36-22(19)38(37)18-4-9-32-21(12-18)25(14-31)5-6-25/h1-2,4,9,11-13,34H,3,5-8,10,15H2,(H,33,35,36). The lowest BCUT2D eigenvalue weighted by molar-refractivity contribution is -0.144.